The molecule has 0 fully saturated rings. The first-order chi connectivity index (χ1) is 10.2. The van der Waals surface area contributed by atoms with E-state index in [9.17, 15) is 4.39 Å². The quantitative estimate of drug-likeness (QED) is 0.727. The van der Waals surface area contributed by atoms with Crippen molar-refractivity contribution in [1.29, 1.82) is 0 Å². The summed E-state index contributed by atoms with van der Waals surface area (Å²) in [7, 11) is 0. The number of hydrogen-bond acceptors (Lipinski definition) is 1. The minimum atomic E-state index is -0.161. The summed E-state index contributed by atoms with van der Waals surface area (Å²) in [6, 6.07) is 13.7. The Labute approximate surface area is 124 Å². The maximum absolute atomic E-state index is 13.6. The minimum absolute atomic E-state index is 0.161. The highest BCUT2D eigenvalue weighted by Crippen LogP contribution is 2.49. The van der Waals surface area contributed by atoms with Gasteiger partial charge in [0.05, 0.1) is 6.04 Å². The van der Waals surface area contributed by atoms with Crippen molar-refractivity contribution in [3.63, 3.8) is 0 Å². The Kier molecular flexibility index (Phi) is 2.85. The van der Waals surface area contributed by atoms with Crippen molar-refractivity contribution in [2.45, 2.75) is 25.3 Å². The number of aryl methyl sites for hydroxylation is 1. The molecule has 0 saturated carbocycles. The van der Waals surface area contributed by atoms with Crippen LogP contribution in [0.3, 0.4) is 0 Å². The lowest BCUT2D eigenvalue weighted by molar-refractivity contribution is 0.424. The maximum atomic E-state index is 13.6. The van der Waals surface area contributed by atoms with Crippen LogP contribution in [0.2, 0.25) is 0 Å². The third-order valence-corrected chi connectivity index (χ3v) is 4.73. The smallest absolute Gasteiger partial charge is 0.123 e. The van der Waals surface area contributed by atoms with Crippen LogP contribution in [-0.4, -0.2) is 0 Å². The van der Waals surface area contributed by atoms with Crippen LogP contribution >= 0.6 is 0 Å². The molecule has 0 amide bonds. The first-order valence-corrected chi connectivity index (χ1v) is 7.51. The summed E-state index contributed by atoms with van der Waals surface area (Å²) < 4.78 is 13.6. The summed E-state index contributed by atoms with van der Waals surface area (Å²) in [6.07, 6.45) is 5.63. The van der Waals surface area contributed by atoms with Crippen LogP contribution in [0.1, 0.15) is 35.1 Å². The number of benzene rings is 2. The Morgan fingerprint density at radius 1 is 1.14 bits per heavy atom. The van der Waals surface area contributed by atoms with Gasteiger partial charge in [0.2, 0.25) is 0 Å². The Morgan fingerprint density at radius 2 is 2.05 bits per heavy atom. The molecule has 0 saturated heterocycles. The molecule has 1 aliphatic heterocycles. The van der Waals surface area contributed by atoms with Gasteiger partial charge in [-0.05, 0) is 48.6 Å². The molecule has 2 aromatic rings. The topological polar surface area (TPSA) is 12.0 Å². The Bertz CT molecular complexity index is 719. The number of allylic oxidation sites excluding steroid dienone is 2. The first kappa shape index (κ1) is 12.6. The van der Waals surface area contributed by atoms with Gasteiger partial charge in [-0.2, -0.15) is 0 Å². The van der Waals surface area contributed by atoms with Gasteiger partial charge in [-0.25, -0.2) is 4.39 Å². The highest BCUT2D eigenvalue weighted by Gasteiger charge is 2.37. The second kappa shape index (κ2) is 4.73. The van der Waals surface area contributed by atoms with E-state index in [4.69, 9.17) is 0 Å². The second-order valence-electron chi connectivity index (χ2n) is 6.12. The summed E-state index contributed by atoms with van der Waals surface area (Å²) in [4.78, 5) is 0. The van der Waals surface area contributed by atoms with Gasteiger partial charge in [-0.3, -0.25) is 0 Å². The van der Waals surface area contributed by atoms with E-state index >= 15 is 0 Å². The molecular formula is C19H18FN. The van der Waals surface area contributed by atoms with Gasteiger partial charge in [0, 0.05) is 11.6 Å². The number of rotatable bonds is 1. The van der Waals surface area contributed by atoms with Crippen molar-refractivity contribution in [3.05, 3.63) is 77.1 Å². The van der Waals surface area contributed by atoms with Crippen molar-refractivity contribution < 1.29 is 4.39 Å². The van der Waals surface area contributed by atoms with Gasteiger partial charge in [0.1, 0.15) is 5.82 Å². The minimum Gasteiger partial charge on any atom is -0.378 e. The molecule has 0 radical (unpaired) electrons. The third kappa shape index (κ3) is 2.06. The van der Waals surface area contributed by atoms with Gasteiger partial charge in [0.15, 0.2) is 0 Å². The van der Waals surface area contributed by atoms with E-state index in [1.54, 1.807) is 12.1 Å². The molecule has 1 aliphatic carbocycles. The van der Waals surface area contributed by atoms with E-state index in [-0.39, 0.29) is 11.9 Å². The van der Waals surface area contributed by atoms with Crippen LogP contribution in [0.15, 0.2) is 54.6 Å². The molecule has 21 heavy (non-hydrogen) atoms. The van der Waals surface area contributed by atoms with Crippen LogP contribution < -0.4 is 5.32 Å². The predicted molar refractivity (Wildman–Crippen MR) is 83.9 cm³/mol. The summed E-state index contributed by atoms with van der Waals surface area (Å²) in [6.45, 7) is 2.13. The number of hydrogen-bond donors (Lipinski definition) is 1. The number of halogens is 1. The molecule has 2 aliphatic rings. The molecule has 2 heteroatoms. The molecule has 4 rings (SSSR count). The maximum Gasteiger partial charge on any atom is 0.123 e. The van der Waals surface area contributed by atoms with E-state index in [2.05, 4.69) is 42.6 Å². The fraction of sp³-hybridized carbons (Fsp3) is 0.263. The zero-order valence-corrected chi connectivity index (χ0v) is 12.0. The molecule has 0 aromatic heterocycles. The molecule has 3 atom stereocenters. The molecule has 1 heterocycles. The molecule has 1 nitrogen and oxygen atoms in total. The normalized spacial score (nSPS) is 26.1. The average Bonchev–Trinajstić information content (AvgIpc) is 2.96. The van der Waals surface area contributed by atoms with Crippen molar-refractivity contribution in [3.8, 4) is 0 Å². The van der Waals surface area contributed by atoms with E-state index in [0.29, 0.717) is 11.8 Å². The van der Waals surface area contributed by atoms with Crippen LogP contribution in [0.4, 0.5) is 10.1 Å². The summed E-state index contributed by atoms with van der Waals surface area (Å²) in [5, 5.41) is 3.63. The summed E-state index contributed by atoms with van der Waals surface area (Å²) >= 11 is 0. The first-order valence-electron chi connectivity index (χ1n) is 7.51. The standard InChI is InChI=1S/C19H18FN/c1-12-8-9-18-17(10-12)15-6-3-7-16(15)19(21-18)13-4-2-5-14(20)11-13/h2-6,8-11,15-16,19,21H,7H2,1H3/t15-,16+,19+/m1/s1. The van der Waals surface area contributed by atoms with E-state index in [1.807, 2.05) is 6.07 Å². The highest BCUT2D eigenvalue weighted by atomic mass is 19.1. The molecule has 1 N–H and O–H groups in total. The molecule has 0 bridgehead atoms. The fourth-order valence-electron chi connectivity index (χ4n) is 3.74. The summed E-state index contributed by atoms with van der Waals surface area (Å²) in [5.74, 6) is 0.752. The van der Waals surface area contributed by atoms with Crippen molar-refractivity contribution in [1.82, 2.24) is 0 Å². The Hall–Kier alpha value is -2.09. The monoisotopic (exact) mass is 279 g/mol. The van der Waals surface area contributed by atoms with Crippen molar-refractivity contribution in [2.24, 2.45) is 5.92 Å². The van der Waals surface area contributed by atoms with E-state index < -0.39 is 0 Å². The fourth-order valence-corrected chi connectivity index (χ4v) is 3.74. The zero-order valence-electron chi connectivity index (χ0n) is 12.0. The summed E-state index contributed by atoms with van der Waals surface area (Å²) in [5.41, 5.74) is 4.89. The lowest BCUT2D eigenvalue weighted by Crippen LogP contribution is -2.29. The number of anilines is 1. The zero-order chi connectivity index (χ0) is 14.4. The van der Waals surface area contributed by atoms with Gasteiger partial charge in [-0.1, -0.05) is 42.0 Å². The SMILES string of the molecule is Cc1ccc2c(c1)[C@@H]1C=CC[C@@H]1[C@H](c1cccc(F)c1)N2. The van der Waals surface area contributed by atoms with E-state index in [1.165, 1.54) is 22.9 Å². The van der Waals surface area contributed by atoms with E-state index in [0.717, 1.165) is 12.0 Å². The van der Waals surface area contributed by atoms with Crippen LogP contribution in [0, 0.1) is 18.7 Å². The highest BCUT2D eigenvalue weighted by molar-refractivity contribution is 5.60. The Morgan fingerprint density at radius 3 is 2.90 bits per heavy atom. The lowest BCUT2D eigenvalue weighted by Gasteiger charge is -2.37. The van der Waals surface area contributed by atoms with Crippen LogP contribution in [0.25, 0.3) is 0 Å². The van der Waals surface area contributed by atoms with Crippen LogP contribution in [0.5, 0.6) is 0 Å². The number of nitrogens with one attached hydrogen (secondary N) is 1. The third-order valence-electron chi connectivity index (χ3n) is 4.73. The van der Waals surface area contributed by atoms with Gasteiger partial charge in [-0.15, -0.1) is 0 Å². The van der Waals surface area contributed by atoms with Gasteiger partial charge >= 0.3 is 0 Å². The second-order valence-corrected chi connectivity index (χ2v) is 6.12. The Balaban J connectivity index is 1.80. The molecular weight excluding hydrogens is 261 g/mol. The molecule has 106 valence electrons. The van der Waals surface area contributed by atoms with Crippen molar-refractivity contribution >= 4 is 5.69 Å². The number of fused-ring (bicyclic) bond motifs is 3. The van der Waals surface area contributed by atoms with Crippen LogP contribution in [-0.2, 0) is 0 Å². The van der Waals surface area contributed by atoms with Gasteiger partial charge < -0.3 is 5.32 Å². The van der Waals surface area contributed by atoms with Gasteiger partial charge in [0.25, 0.3) is 0 Å². The van der Waals surface area contributed by atoms with Crippen molar-refractivity contribution in [2.75, 3.05) is 5.32 Å². The molecule has 0 unspecified atom stereocenters. The average molecular weight is 279 g/mol. The predicted octanol–water partition coefficient (Wildman–Crippen LogP) is 4.96. The lowest BCUT2D eigenvalue weighted by atomic mass is 9.76. The molecule has 0 spiro atoms. The largest absolute Gasteiger partial charge is 0.378 e. The molecule has 2 aromatic carbocycles.